The molecule has 0 bridgehead atoms. The Labute approximate surface area is 155 Å². The topological polar surface area (TPSA) is 90.7 Å². The lowest BCUT2D eigenvalue weighted by Crippen LogP contribution is -2.31. The minimum Gasteiger partial charge on any atom is -0.381 e. The van der Waals surface area contributed by atoms with E-state index in [0.29, 0.717) is 30.9 Å². The van der Waals surface area contributed by atoms with Crippen molar-refractivity contribution in [2.75, 3.05) is 19.8 Å². The number of ether oxygens (including phenoxy) is 2. The van der Waals surface area contributed by atoms with Crippen LogP contribution in [0.3, 0.4) is 0 Å². The first-order valence-electron chi connectivity index (χ1n) is 8.75. The molecule has 8 heteroatoms. The summed E-state index contributed by atoms with van der Waals surface area (Å²) in [7, 11) is 0. The minimum atomic E-state index is -0.365. The lowest BCUT2D eigenvalue weighted by atomic mass is 10.1. The van der Waals surface area contributed by atoms with Crippen LogP contribution in [-0.4, -0.2) is 37.1 Å². The van der Waals surface area contributed by atoms with E-state index < -0.39 is 0 Å². The molecule has 1 aromatic carbocycles. The number of rotatable bonds is 9. The summed E-state index contributed by atoms with van der Waals surface area (Å²) >= 11 is 0. The van der Waals surface area contributed by atoms with Crippen LogP contribution in [0.5, 0.6) is 0 Å². The number of carbonyl (C=O) groups excluding carboxylic acids is 2. The molecule has 3 rings (SSSR count). The first-order valence-corrected chi connectivity index (χ1v) is 8.75. The van der Waals surface area contributed by atoms with Crippen molar-refractivity contribution >= 4 is 12.2 Å². The number of amides is 1. The summed E-state index contributed by atoms with van der Waals surface area (Å²) in [4.78, 5) is 23.4. The van der Waals surface area contributed by atoms with Gasteiger partial charge in [0.25, 0.3) is 0 Å². The summed E-state index contributed by atoms with van der Waals surface area (Å²) in [5, 5.41) is 6.62. The van der Waals surface area contributed by atoms with Gasteiger partial charge in [0.1, 0.15) is 18.1 Å². The zero-order valence-corrected chi connectivity index (χ0v) is 14.8. The molecule has 1 aromatic heterocycles. The average molecular weight is 376 g/mol. The maximum Gasteiger partial charge on any atom is 0.226 e. The quantitative estimate of drug-likeness (QED) is 0.674. The molecule has 1 aliphatic rings. The number of carbonyl (C=O) groups is 2. The highest BCUT2D eigenvalue weighted by atomic mass is 19.1. The van der Waals surface area contributed by atoms with Crippen molar-refractivity contribution in [2.45, 2.75) is 26.1 Å². The summed E-state index contributed by atoms with van der Waals surface area (Å²) in [5.74, 6) is -0.0692. The number of benzene rings is 1. The Bertz CT molecular complexity index is 786. The lowest BCUT2D eigenvalue weighted by molar-refractivity contribution is -0.120. The first kappa shape index (κ1) is 19.2. The SMILES string of the molecule is O=Cc1c(CC(=O)NCC2CCOC2)noc1COCc1ccccc1F. The van der Waals surface area contributed by atoms with Gasteiger partial charge in [-0.2, -0.15) is 0 Å². The van der Waals surface area contributed by atoms with E-state index in [1.54, 1.807) is 18.2 Å². The third-order valence-electron chi connectivity index (χ3n) is 4.38. The van der Waals surface area contributed by atoms with Gasteiger partial charge in [0, 0.05) is 24.6 Å². The van der Waals surface area contributed by atoms with Crippen LogP contribution in [0.15, 0.2) is 28.8 Å². The molecular weight excluding hydrogens is 355 g/mol. The van der Waals surface area contributed by atoms with Gasteiger partial charge < -0.3 is 19.3 Å². The van der Waals surface area contributed by atoms with Gasteiger partial charge in [0.05, 0.1) is 25.2 Å². The third kappa shape index (κ3) is 5.21. The van der Waals surface area contributed by atoms with Crippen LogP contribution in [0.4, 0.5) is 4.39 Å². The van der Waals surface area contributed by atoms with E-state index in [9.17, 15) is 14.0 Å². The molecule has 1 fully saturated rings. The molecule has 27 heavy (non-hydrogen) atoms. The van der Waals surface area contributed by atoms with E-state index in [2.05, 4.69) is 10.5 Å². The van der Waals surface area contributed by atoms with E-state index in [1.807, 2.05) is 0 Å². The molecule has 7 nitrogen and oxygen atoms in total. The molecule has 1 N–H and O–H groups in total. The Kier molecular flexibility index (Phi) is 6.67. The molecule has 1 unspecified atom stereocenters. The van der Waals surface area contributed by atoms with Crippen molar-refractivity contribution in [3.05, 3.63) is 52.7 Å². The minimum absolute atomic E-state index is 0.0327. The molecule has 1 atom stereocenters. The zero-order chi connectivity index (χ0) is 19.1. The second-order valence-corrected chi connectivity index (χ2v) is 6.38. The Morgan fingerprint density at radius 3 is 2.96 bits per heavy atom. The van der Waals surface area contributed by atoms with Gasteiger partial charge >= 0.3 is 0 Å². The van der Waals surface area contributed by atoms with Crippen molar-refractivity contribution in [3.63, 3.8) is 0 Å². The normalized spacial score (nSPS) is 16.4. The Hall–Kier alpha value is -2.58. The monoisotopic (exact) mass is 376 g/mol. The van der Waals surface area contributed by atoms with Crippen molar-refractivity contribution < 1.29 is 28.0 Å². The van der Waals surface area contributed by atoms with Crippen LogP contribution < -0.4 is 5.32 Å². The summed E-state index contributed by atoms with van der Waals surface area (Å²) < 4.78 is 29.4. The number of hydrogen-bond donors (Lipinski definition) is 1. The first-order chi connectivity index (χ1) is 13.2. The number of aldehydes is 1. The van der Waals surface area contributed by atoms with Crippen molar-refractivity contribution in [1.82, 2.24) is 10.5 Å². The smallest absolute Gasteiger partial charge is 0.226 e. The van der Waals surface area contributed by atoms with Crippen LogP contribution in [-0.2, 0) is 33.9 Å². The van der Waals surface area contributed by atoms with Crippen LogP contribution in [0.1, 0.15) is 33.8 Å². The summed E-state index contributed by atoms with van der Waals surface area (Å²) in [5.41, 5.74) is 0.859. The fraction of sp³-hybridized carbons (Fsp3) is 0.421. The van der Waals surface area contributed by atoms with Crippen LogP contribution in [0.2, 0.25) is 0 Å². The van der Waals surface area contributed by atoms with E-state index in [0.717, 1.165) is 13.0 Å². The number of nitrogens with zero attached hydrogens (tertiary/aromatic N) is 1. The van der Waals surface area contributed by atoms with Gasteiger partial charge in [-0.05, 0) is 12.5 Å². The molecule has 1 aliphatic heterocycles. The number of halogens is 1. The molecule has 0 spiro atoms. The standard InChI is InChI=1S/C19H21FN2O5/c20-16-4-2-1-3-14(16)11-26-12-18-15(9-23)17(22-27-18)7-19(24)21-8-13-5-6-25-10-13/h1-4,9,13H,5-8,10-12H2,(H,21,24). The third-order valence-corrected chi connectivity index (χ3v) is 4.38. The molecule has 144 valence electrons. The molecule has 0 saturated carbocycles. The summed E-state index contributed by atoms with van der Waals surface area (Å²) in [6.45, 7) is 1.88. The van der Waals surface area contributed by atoms with Crippen molar-refractivity contribution in [3.8, 4) is 0 Å². The molecule has 0 radical (unpaired) electrons. The highest BCUT2D eigenvalue weighted by molar-refractivity contribution is 5.83. The molecular formula is C19H21FN2O5. The fourth-order valence-electron chi connectivity index (χ4n) is 2.82. The Morgan fingerprint density at radius 1 is 1.37 bits per heavy atom. The van der Waals surface area contributed by atoms with Gasteiger partial charge in [-0.3, -0.25) is 9.59 Å². The Balaban J connectivity index is 1.52. The number of hydrogen-bond acceptors (Lipinski definition) is 6. The van der Waals surface area contributed by atoms with E-state index >= 15 is 0 Å². The van der Waals surface area contributed by atoms with Gasteiger partial charge in [-0.15, -0.1) is 0 Å². The summed E-state index contributed by atoms with van der Waals surface area (Å²) in [6, 6.07) is 6.26. The van der Waals surface area contributed by atoms with Gasteiger partial charge in [0.2, 0.25) is 5.91 Å². The van der Waals surface area contributed by atoms with E-state index in [4.69, 9.17) is 14.0 Å². The van der Waals surface area contributed by atoms with Crippen LogP contribution in [0, 0.1) is 11.7 Å². The molecule has 1 amide bonds. The molecule has 2 heterocycles. The van der Waals surface area contributed by atoms with Crippen LogP contribution >= 0.6 is 0 Å². The maximum absolute atomic E-state index is 13.6. The predicted molar refractivity (Wildman–Crippen MR) is 92.4 cm³/mol. The van der Waals surface area contributed by atoms with E-state index in [1.165, 1.54) is 6.07 Å². The zero-order valence-electron chi connectivity index (χ0n) is 14.8. The Morgan fingerprint density at radius 2 is 2.22 bits per heavy atom. The highest BCUT2D eigenvalue weighted by Crippen LogP contribution is 2.16. The molecule has 2 aromatic rings. The largest absolute Gasteiger partial charge is 0.381 e. The maximum atomic E-state index is 13.6. The summed E-state index contributed by atoms with van der Waals surface area (Å²) in [6.07, 6.45) is 1.46. The number of nitrogens with one attached hydrogen (secondary N) is 1. The second-order valence-electron chi connectivity index (χ2n) is 6.38. The van der Waals surface area contributed by atoms with Crippen LogP contribution in [0.25, 0.3) is 0 Å². The van der Waals surface area contributed by atoms with Gasteiger partial charge in [-0.1, -0.05) is 23.4 Å². The van der Waals surface area contributed by atoms with Crippen molar-refractivity contribution in [2.24, 2.45) is 5.92 Å². The molecule has 1 saturated heterocycles. The molecule has 0 aliphatic carbocycles. The lowest BCUT2D eigenvalue weighted by Gasteiger charge is -2.08. The second kappa shape index (κ2) is 9.38. The predicted octanol–water partition coefficient (Wildman–Crippen LogP) is 2.04. The number of aromatic nitrogens is 1. The average Bonchev–Trinajstić information content (AvgIpc) is 3.31. The van der Waals surface area contributed by atoms with E-state index in [-0.39, 0.29) is 48.4 Å². The highest BCUT2D eigenvalue weighted by Gasteiger charge is 2.20. The van der Waals surface area contributed by atoms with Gasteiger partial charge in [0.15, 0.2) is 12.0 Å². The van der Waals surface area contributed by atoms with Gasteiger partial charge in [-0.25, -0.2) is 4.39 Å². The van der Waals surface area contributed by atoms with Crippen molar-refractivity contribution in [1.29, 1.82) is 0 Å². The fourth-order valence-corrected chi connectivity index (χ4v) is 2.82.